The molecule has 0 atom stereocenters. The lowest BCUT2D eigenvalue weighted by atomic mass is 10.1. The van der Waals surface area contributed by atoms with Gasteiger partial charge in [0.1, 0.15) is 0 Å². The van der Waals surface area contributed by atoms with Crippen LogP contribution in [0.2, 0.25) is 0 Å². The maximum atomic E-state index is 5.44. The van der Waals surface area contributed by atoms with E-state index >= 15 is 0 Å². The van der Waals surface area contributed by atoms with Crippen molar-refractivity contribution in [2.75, 3.05) is 31.6 Å². The Labute approximate surface area is 126 Å². The summed E-state index contributed by atoms with van der Waals surface area (Å²) in [6.45, 7) is 10.7. The largest absolute Gasteiger partial charge is 0.381 e. The molecule has 114 valence electrons. The Kier molecular flexibility index (Phi) is 5.81. The number of piperidine rings is 1. The minimum Gasteiger partial charge on any atom is -0.381 e. The van der Waals surface area contributed by atoms with Gasteiger partial charge in [-0.3, -0.25) is 0 Å². The van der Waals surface area contributed by atoms with E-state index in [0.29, 0.717) is 12.0 Å². The number of hydrogen-bond acceptors (Lipinski definition) is 5. The van der Waals surface area contributed by atoms with Crippen LogP contribution in [0, 0.1) is 0 Å². The van der Waals surface area contributed by atoms with E-state index in [9.17, 15) is 0 Å². The van der Waals surface area contributed by atoms with E-state index < -0.39 is 0 Å². The summed E-state index contributed by atoms with van der Waals surface area (Å²) in [5, 5.41) is 4.62. The Morgan fingerprint density at radius 2 is 2.10 bits per heavy atom. The minimum absolute atomic E-state index is 0.428. The summed E-state index contributed by atoms with van der Waals surface area (Å²) in [7, 11) is 1.81. The van der Waals surface area contributed by atoms with Gasteiger partial charge in [0.15, 0.2) is 5.13 Å². The van der Waals surface area contributed by atoms with Gasteiger partial charge < -0.3 is 15.0 Å². The number of ether oxygens (including phenoxy) is 1. The average Bonchev–Trinajstić information content (AvgIpc) is 2.89. The number of hydrogen-bond donors (Lipinski definition) is 1. The third-order valence-electron chi connectivity index (χ3n) is 3.84. The van der Waals surface area contributed by atoms with E-state index in [1.807, 2.05) is 18.4 Å². The highest BCUT2D eigenvalue weighted by molar-refractivity contribution is 7.15. The van der Waals surface area contributed by atoms with Gasteiger partial charge in [0.05, 0.1) is 11.8 Å². The van der Waals surface area contributed by atoms with E-state index in [1.165, 1.54) is 15.7 Å². The molecule has 0 unspecified atom stereocenters. The van der Waals surface area contributed by atoms with Crippen LogP contribution >= 0.6 is 11.3 Å². The minimum atomic E-state index is 0.428. The molecule has 4 nitrogen and oxygen atoms in total. The SMILES string of the molecule is CCNCc1sc(N2CCC(OC)CC2)nc1C(C)C. The summed E-state index contributed by atoms with van der Waals surface area (Å²) in [6, 6.07) is 0. The Bertz CT molecular complexity index is 411. The summed E-state index contributed by atoms with van der Waals surface area (Å²) in [5.74, 6) is 0.491. The second kappa shape index (κ2) is 7.38. The first-order chi connectivity index (χ1) is 9.65. The standard InChI is InChI=1S/C15H27N3OS/c1-5-16-10-13-14(11(2)3)17-15(20-13)18-8-6-12(19-4)7-9-18/h11-12,16H,5-10H2,1-4H3. The van der Waals surface area contributed by atoms with Gasteiger partial charge in [-0.2, -0.15) is 0 Å². The summed E-state index contributed by atoms with van der Waals surface area (Å²) < 4.78 is 5.44. The van der Waals surface area contributed by atoms with Crippen molar-refractivity contribution >= 4 is 16.5 Å². The zero-order valence-corrected chi connectivity index (χ0v) is 13.9. The van der Waals surface area contributed by atoms with E-state index in [-0.39, 0.29) is 0 Å². The van der Waals surface area contributed by atoms with E-state index in [4.69, 9.17) is 9.72 Å². The molecule has 0 aliphatic carbocycles. The molecule has 1 aromatic heterocycles. The van der Waals surface area contributed by atoms with Crippen LogP contribution in [0.25, 0.3) is 0 Å². The molecule has 0 saturated carbocycles. The lowest BCUT2D eigenvalue weighted by molar-refractivity contribution is 0.0819. The van der Waals surface area contributed by atoms with Crippen LogP contribution in [0.4, 0.5) is 5.13 Å². The van der Waals surface area contributed by atoms with Crippen LogP contribution in [0.1, 0.15) is 50.1 Å². The number of nitrogens with zero attached hydrogens (tertiary/aromatic N) is 2. The molecule has 2 heterocycles. The summed E-state index contributed by atoms with van der Waals surface area (Å²) >= 11 is 1.85. The van der Waals surface area contributed by atoms with Gasteiger partial charge in [0, 0.05) is 31.6 Å². The molecule has 0 aromatic carbocycles. The first kappa shape index (κ1) is 15.7. The van der Waals surface area contributed by atoms with Crippen LogP contribution in [0.5, 0.6) is 0 Å². The highest BCUT2D eigenvalue weighted by Gasteiger charge is 2.23. The molecule has 1 fully saturated rings. The number of aromatic nitrogens is 1. The van der Waals surface area contributed by atoms with E-state index in [0.717, 1.165) is 39.0 Å². The Hall–Kier alpha value is -0.650. The van der Waals surface area contributed by atoms with Crippen LogP contribution in [0.3, 0.4) is 0 Å². The van der Waals surface area contributed by atoms with Crippen LogP contribution < -0.4 is 10.2 Å². The van der Waals surface area contributed by atoms with Gasteiger partial charge in [-0.15, -0.1) is 11.3 Å². The maximum absolute atomic E-state index is 5.44. The number of anilines is 1. The molecule has 2 rings (SSSR count). The Morgan fingerprint density at radius 3 is 2.65 bits per heavy atom. The maximum Gasteiger partial charge on any atom is 0.185 e. The molecule has 0 bridgehead atoms. The predicted molar refractivity (Wildman–Crippen MR) is 85.8 cm³/mol. The van der Waals surface area contributed by atoms with Crippen molar-refractivity contribution in [1.82, 2.24) is 10.3 Å². The normalized spacial score (nSPS) is 17.1. The van der Waals surface area contributed by atoms with Crippen molar-refractivity contribution in [3.05, 3.63) is 10.6 Å². The monoisotopic (exact) mass is 297 g/mol. The summed E-state index contributed by atoms with van der Waals surface area (Å²) in [4.78, 5) is 8.71. The topological polar surface area (TPSA) is 37.4 Å². The summed E-state index contributed by atoms with van der Waals surface area (Å²) in [6.07, 6.45) is 2.64. The Morgan fingerprint density at radius 1 is 1.40 bits per heavy atom. The molecule has 0 radical (unpaired) electrons. The second-order valence-corrected chi connectivity index (χ2v) is 6.72. The summed E-state index contributed by atoms with van der Waals surface area (Å²) in [5.41, 5.74) is 1.26. The zero-order valence-electron chi connectivity index (χ0n) is 13.1. The fourth-order valence-electron chi connectivity index (χ4n) is 2.58. The molecule has 1 aromatic rings. The van der Waals surface area contributed by atoms with Gasteiger partial charge in [0.2, 0.25) is 0 Å². The Balaban J connectivity index is 2.08. The van der Waals surface area contributed by atoms with Crippen LogP contribution in [-0.2, 0) is 11.3 Å². The number of rotatable bonds is 6. The number of methoxy groups -OCH3 is 1. The quantitative estimate of drug-likeness (QED) is 0.876. The molecule has 20 heavy (non-hydrogen) atoms. The molecule has 1 aliphatic heterocycles. The van der Waals surface area contributed by atoms with Gasteiger partial charge >= 0.3 is 0 Å². The van der Waals surface area contributed by atoms with Gasteiger partial charge in [-0.25, -0.2) is 4.98 Å². The first-order valence-electron chi connectivity index (χ1n) is 7.63. The fourth-order valence-corrected chi connectivity index (χ4v) is 3.82. The van der Waals surface area contributed by atoms with Gasteiger partial charge in [0.25, 0.3) is 0 Å². The fraction of sp³-hybridized carbons (Fsp3) is 0.800. The number of nitrogens with one attached hydrogen (secondary N) is 1. The molecule has 1 saturated heterocycles. The smallest absolute Gasteiger partial charge is 0.185 e. The third-order valence-corrected chi connectivity index (χ3v) is 4.98. The molecular weight excluding hydrogens is 270 g/mol. The van der Waals surface area contributed by atoms with Crippen LogP contribution in [0.15, 0.2) is 0 Å². The molecule has 0 spiro atoms. The van der Waals surface area contributed by atoms with Crippen molar-refractivity contribution in [2.45, 2.75) is 52.2 Å². The molecule has 1 N–H and O–H groups in total. The highest BCUT2D eigenvalue weighted by Crippen LogP contribution is 2.32. The molecule has 5 heteroatoms. The van der Waals surface area contributed by atoms with Gasteiger partial charge in [-0.1, -0.05) is 20.8 Å². The highest BCUT2D eigenvalue weighted by atomic mass is 32.1. The zero-order chi connectivity index (χ0) is 14.5. The molecular formula is C15H27N3OS. The van der Waals surface area contributed by atoms with E-state index in [1.54, 1.807) is 0 Å². The number of thiazole rings is 1. The predicted octanol–water partition coefficient (Wildman–Crippen LogP) is 2.99. The third kappa shape index (κ3) is 3.71. The van der Waals surface area contributed by atoms with Gasteiger partial charge in [-0.05, 0) is 25.3 Å². The first-order valence-corrected chi connectivity index (χ1v) is 8.45. The van der Waals surface area contributed by atoms with Crippen molar-refractivity contribution < 1.29 is 4.74 Å². The lowest BCUT2D eigenvalue weighted by Gasteiger charge is -2.30. The molecule has 1 aliphatic rings. The lowest BCUT2D eigenvalue weighted by Crippen LogP contribution is -2.36. The van der Waals surface area contributed by atoms with Crippen molar-refractivity contribution in [3.63, 3.8) is 0 Å². The average molecular weight is 297 g/mol. The second-order valence-electron chi connectivity index (χ2n) is 5.66. The molecule has 0 amide bonds. The van der Waals surface area contributed by atoms with Crippen molar-refractivity contribution in [1.29, 1.82) is 0 Å². The van der Waals surface area contributed by atoms with E-state index in [2.05, 4.69) is 31.0 Å². The van der Waals surface area contributed by atoms with Crippen molar-refractivity contribution in [2.24, 2.45) is 0 Å². The van der Waals surface area contributed by atoms with Crippen molar-refractivity contribution in [3.8, 4) is 0 Å². The van der Waals surface area contributed by atoms with Crippen LogP contribution in [-0.4, -0.2) is 37.8 Å².